The molecule has 0 saturated carbocycles. The number of nitrogens with one attached hydrogen (secondary N) is 1. The van der Waals surface area contributed by atoms with Crippen molar-refractivity contribution >= 4 is 50.7 Å². The van der Waals surface area contributed by atoms with Crippen molar-refractivity contribution in [2.24, 2.45) is 0 Å². The van der Waals surface area contributed by atoms with Crippen molar-refractivity contribution in [3.63, 3.8) is 0 Å². The zero-order valence-corrected chi connectivity index (χ0v) is 24.0. The van der Waals surface area contributed by atoms with Gasteiger partial charge in [-0.15, -0.1) is 0 Å². The Morgan fingerprint density at radius 1 is 0.895 bits per heavy atom. The summed E-state index contributed by atoms with van der Waals surface area (Å²) in [5.41, 5.74) is 1.53. The molecule has 3 aromatic carbocycles. The van der Waals surface area contributed by atoms with Gasteiger partial charge in [0.25, 0.3) is 10.0 Å². The summed E-state index contributed by atoms with van der Waals surface area (Å²) in [6.07, 6.45) is 0. The Morgan fingerprint density at radius 2 is 1.53 bits per heavy atom. The fraction of sp³-hybridized carbons (Fsp3) is 0.286. The summed E-state index contributed by atoms with van der Waals surface area (Å²) in [7, 11) is -4.16. The monoisotopic (exact) mass is 575 g/mol. The van der Waals surface area contributed by atoms with Gasteiger partial charge in [0.1, 0.15) is 12.6 Å². The Hall–Kier alpha value is -3.07. The van der Waals surface area contributed by atoms with E-state index < -0.39 is 28.5 Å². The molecule has 2 amide bonds. The van der Waals surface area contributed by atoms with Crippen molar-refractivity contribution in [3.05, 3.63) is 94.0 Å². The molecule has 38 heavy (non-hydrogen) atoms. The van der Waals surface area contributed by atoms with E-state index in [0.29, 0.717) is 15.6 Å². The molecule has 0 aromatic heterocycles. The molecule has 0 aliphatic carbocycles. The molecule has 0 bridgehead atoms. The number of carbonyl (C=O) groups excluding carboxylic acids is 2. The van der Waals surface area contributed by atoms with E-state index in [9.17, 15) is 18.0 Å². The van der Waals surface area contributed by atoms with Crippen molar-refractivity contribution in [3.8, 4) is 0 Å². The van der Waals surface area contributed by atoms with Crippen LogP contribution in [0.25, 0.3) is 0 Å². The predicted octanol–water partition coefficient (Wildman–Crippen LogP) is 5.44. The highest BCUT2D eigenvalue weighted by Gasteiger charge is 2.33. The molecule has 3 rings (SSSR count). The van der Waals surface area contributed by atoms with E-state index in [1.165, 1.54) is 17.0 Å². The molecule has 10 heteroatoms. The minimum atomic E-state index is -4.16. The van der Waals surface area contributed by atoms with Gasteiger partial charge in [0.2, 0.25) is 11.8 Å². The summed E-state index contributed by atoms with van der Waals surface area (Å²) >= 11 is 12.4. The highest BCUT2D eigenvalue weighted by molar-refractivity contribution is 7.92. The topological polar surface area (TPSA) is 86.8 Å². The molecular formula is C28H31Cl2N3O4S. The molecule has 0 radical (unpaired) electrons. The average molecular weight is 577 g/mol. The Labute approximate surface area is 234 Å². The first-order valence-electron chi connectivity index (χ1n) is 12.1. The molecule has 0 aliphatic rings. The van der Waals surface area contributed by atoms with Crippen molar-refractivity contribution in [1.82, 2.24) is 10.2 Å². The number of halogens is 2. The molecule has 0 unspecified atom stereocenters. The van der Waals surface area contributed by atoms with Crippen LogP contribution in [0.1, 0.15) is 31.9 Å². The number of hydrogen-bond donors (Lipinski definition) is 1. The molecule has 0 heterocycles. The second-order valence-electron chi connectivity index (χ2n) is 9.20. The van der Waals surface area contributed by atoms with E-state index in [1.807, 2.05) is 13.8 Å². The summed E-state index contributed by atoms with van der Waals surface area (Å²) in [4.78, 5) is 28.2. The number of amides is 2. The van der Waals surface area contributed by atoms with Crippen LogP contribution in [0.4, 0.5) is 5.69 Å². The summed E-state index contributed by atoms with van der Waals surface area (Å²) in [5.74, 6) is -0.899. The van der Waals surface area contributed by atoms with Gasteiger partial charge in [-0.25, -0.2) is 8.42 Å². The third kappa shape index (κ3) is 7.07. The number of hydrogen-bond acceptors (Lipinski definition) is 4. The van der Waals surface area contributed by atoms with Crippen LogP contribution in [0.5, 0.6) is 0 Å². The van der Waals surface area contributed by atoms with E-state index in [2.05, 4.69) is 5.32 Å². The largest absolute Gasteiger partial charge is 0.352 e. The minimum Gasteiger partial charge on any atom is -0.352 e. The number of rotatable bonds is 10. The first-order chi connectivity index (χ1) is 17.9. The molecule has 0 aliphatic heterocycles. The molecule has 1 atom stereocenters. The second-order valence-corrected chi connectivity index (χ2v) is 11.9. The smallest absolute Gasteiger partial charge is 0.264 e. The number of carbonyl (C=O) groups is 2. The minimum absolute atomic E-state index is 0.0297. The van der Waals surface area contributed by atoms with Gasteiger partial charge in [0.15, 0.2) is 0 Å². The molecule has 202 valence electrons. The highest BCUT2D eigenvalue weighted by atomic mass is 35.5. The van der Waals surface area contributed by atoms with Crippen LogP contribution in [-0.4, -0.2) is 43.8 Å². The van der Waals surface area contributed by atoms with Crippen molar-refractivity contribution in [2.75, 3.05) is 10.8 Å². The zero-order valence-electron chi connectivity index (χ0n) is 21.7. The lowest BCUT2D eigenvalue weighted by atomic mass is 10.1. The highest BCUT2D eigenvalue weighted by Crippen LogP contribution is 2.31. The van der Waals surface area contributed by atoms with Gasteiger partial charge < -0.3 is 10.2 Å². The van der Waals surface area contributed by atoms with Crippen LogP contribution >= 0.6 is 23.2 Å². The average Bonchev–Trinajstić information content (AvgIpc) is 2.88. The van der Waals surface area contributed by atoms with Gasteiger partial charge in [-0.3, -0.25) is 13.9 Å². The quantitative estimate of drug-likeness (QED) is 0.348. The van der Waals surface area contributed by atoms with Gasteiger partial charge in [-0.1, -0.05) is 59.6 Å². The normalized spacial score (nSPS) is 12.2. The van der Waals surface area contributed by atoms with E-state index in [-0.39, 0.29) is 29.1 Å². The maximum absolute atomic E-state index is 13.9. The van der Waals surface area contributed by atoms with Crippen molar-refractivity contribution in [1.29, 1.82) is 0 Å². The fourth-order valence-corrected chi connectivity index (χ4v) is 5.66. The Bertz CT molecular complexity index is 1380. The van der Waals surface area contributed by atoms with E-state index in [4.69, 9.17) is 23.2 Å². The molecule has 0 spiro atoms. The number of sulfonamides is 1. The molecule has 0 fully saturated rings. The van der Waals surface area contributed by atoms with Gasteiger partial charge in [-0.05, 0) is 75.2 Å². The van der Waals surface area contributed by atoms with Crippen LogP contribution in [-0.2, 0) is 26.2 Å². The van der Waals surface area contributed by atoms with Crippen LogP contribution in [0.3, 0.4) is 0 Å². The molecular weight excluding hydrogens is 545 g/mol. The lowest BCUT2D eigenvalue weighted by Crippen LogP contribution is -2.52. The summed E-state index contributed by atoms with van der Waals surface area (Å²) in [5, 5.41) is 3.73. The van der Waals surface area contributed by atoms with Gasteiger partial charge in [0, 0.05) is 22.6 Å². The zero-order chi connectivity index (χ0) is 28.0. The number of anilines is 1. The number of nitrogens with zero attached hydrogens (tertiary/aromatic N) is 2. The SMILES string of the molecule is Cc1c(Cl)cccc1N(CC(=O)N(Cc1ccc(Cl)cc1)[C@@H](C)C(=O)NC(C)C)S(=O)(=O)c1ccccc1. The van der Waals surface area contributed by atoms with Gasteiger partial charge >= 0.3 is 0 Å². The maximum atomic E-state index is 13.9. The van der Waals surface area contributed by atoms with E-state index in [1.54, 1.807) is 74.5 Å². The Kier molecular flexibility index (Phi) is 9.82. The van der Waals surface area contributed by atoms with Crippen LogP contribution in [0.15, 0.2) is 77.7 Å². The molecule has 0 saturated heterocycles. The third-order valence-electron chi connectivity index (χ3n) is 5.98. The summed E-state index contributed by atoms with van der Waals surface area (Å²) in [6.45, 7) is 6.51. The Morgan fingerprint density at radius 3 is 2.13 bits per heavy atom. The molecule has 3 aromatic rings. The number of benzene rings is 3. The third-order valence-corrected chi connectivity index (χ3v) is 8.42. The summed E-state index contributed by atoms with van der Waals surface area (Å²) in [6, 6.07) is 18.7. The van der Waals surface area contributed by atoms with Crippen LogP contribution in [0.2, 0.25) is 10.0 Å². The molecule has 1 N–H and O–H groups in total. The maximum Gasteiger partial charge on any atom is 0.264 e. The molecule has 7 nitrogen and oxygen atoms in total. The summed E-state index contributed by atoms with van der Waals surface area (Å²) < 4.78 is 28.7. The van der Waals surface area contributed by atoms with E-state index in [0.717, 1.165) is 9.87 Å². The lowest BCUT2D eigenvalue weighted by molar-refractivity contribution is -0.139. The first kappa shape index (κ1) is 29.5. The van der Waals surface area contributed by atoms with Gasteiger partial charge in [0.05, 0.1) is 10.6 Å². The standard InChI is InChI=1S/C28H31Cl2N3O4S/c1-19(2)31-28(35)21(4)32(17-22-13-15-23(29)16-14-22)27(34)18-33(26-12-8-11-25(30)20(26)3)38(36,37)24-9-6-5-7-10-24/h5-16,19,21H,17-18H2,1-4H3,(H,31,35)/t21-/m0/s1. The lowest BCUT2D eigenvalue weighted by Gasteiger charge is -2.32. The fourth-order valence-electron chi connectivity index (χ4n) is 3.87. The van der Waals surface area contributed by atoms with E-state index >= 15 is 0 Å². The van der Waals surface area contributed by atoms with Crippen molar-refractivity contribution < 1.29 is 18.0 Å². The van der Waals surface area contributed by atoms with Crippen LogP contribution in [0, 0.1) is 6.92 Å². The van der Waals surface area contributed by atoms with Crippen LogP contribution < -0.4 is 9.62 Å². The predicted molar refractivity (Wildman–Crippen MR) is 152 cm³/mol. The second kappa shape index (κ2) is 12.7. The first-order valence-corrected chi connectivity index (χ1v) is 14.3. The van der Waals surface area contributed by atoms with Crippen molar-refractivity contribution in [2.45, 2.75) is 51.2 Å². The van der Waals surface area contributed by atoms with Gasteiger partial charge in [-0.2, -0.15) is 0 Å². The Balaban J connectivity index is 2.06.